The van der Waals surface area contributed by atoms with E-state index in [2.05, 4.69) is 10.3 Å². The number of hydrogen-bond donors (Lipinski definition) is 1. The molecule has 0 aliphatic heterocycles. The van der Waals surface area contributed by atoms with Crippen LogP contribution in [0.25, 0.3) is 10.8 Å². The van der Waals surface area contributed by atoms with Crippen LogP contribution in [-0.2, 0) is 0 Å². The second-order valence-corrected chi connectivity index (χ2v) is 7.63. The molecule has 1 aliphatic rings. The minimum absolute atomic E-state index is 0.0524. The number of ether oxygens (including phenoxy) is 1. The lowest BCUT2D eigenvalue weighted by Gasteiger charge is -2.31. The molecule has 0 saturated heterocycles. The lowest BCUT2D eigenvalue weighted by Crippen LogP contribution is -2.38. The second kappa shape index (κ2) is 8.52. The van der Waals surface area contributed by atoms with Crippen LogP contribution in [0.5, 0.6) is 5.75 Å². The maximum Gasteiger partial charge on any atom is 0.256 e. The molecule has 0 atom stereocenters. The summed E-state index contributed by atoms with van der Waals surface area (Å²) in [6.45, 7) is 0. The number of rotatable bonds is 5. The first-order chi connectivity index (χ1) is 14.2. The first kappa shape index (κ1) is 19.2. The smallest absolute Gasteiger partial charge is 0.256 e. The highest BCUT2D eigenvalue weighted by molar-refractivity contribution is 6.09. The second-order valence-electron chi connectivity index (χ2n) is 7.63. The van der Waals surface area contributed by atoms with Crippen molar-refractivity contribution in [2.75, 3.05) is 19.5 Å². The third kappa shape index (κ3) is 4.04. The van der Waals surface area contributed by atoms with E-state index >= 15 is 0 Å². The van der Waals surface area contributed by atoms with Gasteiger partial charge in [-0.25, -0.2) is 4.98 Å². The zero-order chi connectivity index (χ0) is 20.2. The van der Waals surface area contributed by atoms with Crippen molar-refractivity contribution >= 4 is 28.2 Å². The molecular weight excluding hydrogens is 362 g/mol. The minimum atomic E-state index is 0.0524. The highest BCUT2D eigenvalue weighted by Crippen LogP contribution is 2.30. The molecule has 5 heteroatoms. The molecule has 1 saturated carbocycles. The summed E-state index contributed by atoms with van der Waals surface area (Å²) in [4.78, 5) is 19.8. The van der Waals surface area contributed by atoms with Crippen molar-refractivity contribution in [1.82, 2.24) is 9.88 Å². The number of fused-ring (bicyclic) bond motifs is 1. The van der Waals surface area contributed by atoms with E-state index in [1.54, 1.807) is 13.3 Å². The van der Waals surface area contributed by atoms with E-state index in [9.17, 15) is 4.79 Å². The Morgan fingerprint density at radius 3 is 2.41 bits per heavy atom. The van der Waals surface area contributed by atoms with Crippen molar-refractivity contribution in [3.63, 3.8) is 0 Å². The zero-order valence-electron chi connectivity index (χ0n) is 17.0. The van der Waals surface area contributed by atoms with Crippen LogP contribution in [0.2, 0.25) is 0 Å². The SMILES string of the molecule is COc1ccc(Nc2ncc(C(=O)N(C)C3CCCCC3)c3ccccc23)cc1. The maximum absolute atomic E-state index is 13.2. The number of nitrogens with one attached hydrogen (secondary N) is 1. The molecule has 0 radical (unpaired) electrons. The van der Waals surface area contributed by atoms with E-state index in [0.29, 0.717) is 11.6 Å². The van der Waals surface area contributed by atoms with Gasteiger partial charge in [-0.05, 0) is 42.5 Å². The van der Waals surface area contributed by atoms with Crippen LogP contribution in [0.1, 0.15) is 42.5 Å². The van der Waals surface area contributed by atoms with Crippen molar-refractivity contribution in [1.29, 1.82) is 0 Å². The fourth-order valence-corrected chi connectivity index (χ4v) is 4.10. The largest absolute Gasteiger partial charge is 0.497 e. The van der Waals surface area contributed by atoms with E-state index in [1.807, 2.05) is 60.5 Å². The topological polar surface area (TPSA) is 54.5 Å². The normalized spacial score (nSPS) is 14.6. The van der Waals surface area contributed by atoms with Crippen LogP contribution in [0.3, 0.4) is 0 Å². The van der Waals surface area contributed by atoms with Gasteiger partial charge in [0.1, 0.15) is 11.6 Å². The first-order valence-corrected chi connectivity index (χ1v) is 10.2. The van der Waals surface area contributed by atoms with E-state index in [1.165, 1.54) is 19.3 Å². The summed E-state index contributed by atoms with van der Waals surface area (Å²) in [5.41, 5.74) is 1.58. The molecular formula is C24H27N3O2. The molecule has 1 amide bonds. The van der Waals surface area contributed by atoms with Gasteiger partial charge in [-0.15, -0.1) is 0 Å². The Hall–Kier alpha value is -3.08. The molecule has 1 N–H and O–H groups in total. The molecule has 3 aromatic rings. The number of methoxy groups -OCH3 is 1. The number of nitrogens with zero attached hydrogens (tertiary/aromatic N) is 2. The quantitative estimate of drug-likeness (QED) is 0.635. The number of amides is 1. The van der Waals surface area contributed by atoms with Gasteiger partial charge in [-0.1, -0.05) is 43.5 Å². The van der Waals surface area contributed by atoms with Gasteiger partial charge in [0.15, 0.2) is 0 Å². The lowest BCUT2D eigenvalue weighted by molar-refractivity contribution is 0.0698. The highest BCUT2D eigenvalue weighted by Gasteiger charge is 2.24. The molecule has 1 aliphatic carbocycles. The molecule has 5 nitrogen and oxygen atoms in total. The fourth-order valence-electron chi connectivity index (χ4n) is 4.10. The maximum atomic E-state index is 13.2. The van der Waals surface area contributed by atoms with Gasteiger partial charge >= 0.3 is 0 Å². The number of carbonyl (C=O) groups is 1. The van der Waals surface area contributed by atoms with Gasteiger partial charge in [0, 0.05) is 30.4 Å². The number of carbonyl (C=O) groups excluding carboxylic acids is 1. The number of anilines is 2. The summed E-state index contributed by atoms with van der Waals surface area (Å²) < 4.78 is 5.22. The highest BCUT2D eigenvalue weighted by atomic mass is 16.5. The van der Waals surface area contributed by atoms with Crippen molar-refractivity contribution < 1.29 is 9.53 Å². The third-order valence-corrected chi connectivity index (χ3v) is 5.82. The first-order valence-electron chi connectivity index (χ1n) is 10.2. The summed E-state index contributed by atoms with van der Waals surface area (Å²) in [5, 5.41) is 5.22. The molecule has 0 bridgehead atoms. The molecule has 0 unspecified atom stereocenters. The molecule has 29 heavy (non-hydrogen) atoms. The fraction of sp³-hybridized carbons (Fsp3) is 0.333. The Kier molecular flexibility index (Phi) is 5.65. The molecule has 0 spiro atoms. The Labute approximate surface area is 171 Å². The van der Waals surface area contributed by atoms with Gasteiger partial charge in [0.25, 0.3) is 5.91 Å². The molecule has 1 fully saturated rings. The summed E-state index contributed by atoms with van der Waals surface area (Å²) in [6, 6.07) is 16.0. The molecule has 2 aromatic carbocycles. The van der Waals surface area contributed by atoms with Crippen molar-refractivity contribution in [3.8, 4) is 5.75 Å². The number of hydrogen-bond acceptors (Lipinski definition) is 4. The summed E-state index contributed by atoms with van der Waals surface area (Å²) in [6.07, 6.45) is 7.55. The lowest BCUT2D eigenvalue weighted by atomic mass is 9.94. The van der Waals surface area contributed by atoms with Crippen LogP contribution < -0.4 is 10.1 Å². The Morgan fingerprint density at radius 2 is 1.72 bits per heavy atom. The van der Waals surface area contributed by atoms with E-state index < -0.39 is 0 Å². The van der Waals surface area contributed by atoms with Gasteiger partial charge in [-0.3, -0.25) is 4.79 Å². The van der Waals surface area contributed by atoms with Crippen molar-refractivity contribution in [3.05, 3.63) is 60.3 Å². The molecule has 1 aromatic heterocycles. The van der Waals surface area contributed by atoms with Gasteiger partial charge in [0.2, 0.25) is 0 Å². The number of aromatic nitrogens is 1. The predicted molar refractivity (Wildman–Crippen MR) is 117 cm³/mol. The van der Waals surface area contributed by atoms with Gasteiger partial charge in [-0.2, -0.15) is 0 Å². The Bertz CT molecular complexity index is 995. The molecule has 4 rings (SSSR count). The van der Waals surface area contributed by atoms with Crippen LogP contribution in [-0.4, -0.2) is 36.0 Å². The van der Waals surface area contributed by atoms with Crippen molar-refractivity contribution in [2.24, 2.45) is 0 Å². The molecule has 1 heterocycles. The zero-order valence-corrected chi connectivity index (χ0v) is 17.0. The monoisotopic (exact) mass is 389 g/mol. The van der Waals surface area contributed by atoms with E-state index in [0.717, 1.165) is 40.9 Å². The summed E-state index contributed by atoms with van der Waals surface area (Å²) >= 11 is 0. The standard InChI is InChI=1S/C24H27N3O2/c1-27(18-8-4-3-5-9-18)24(28)22-16-25-23(21-11-7-6-10-20(21)22)26-17-12-14-19(29-2)15-13-17/h6-7,10-16,18H,3-5,8-9H2,1-2H3,(H,25,26). The van der Waals surface area contributed by atoms with E-state index in [-0.39, 0.29) is 5.91 Å². The Morgan fingerprint density at radius 1 is 1.03 bits per heavy atom. The number of benzene rings is 2. The average Bonchev–Trinajstić information content (AvgIpc) is 2.79. The van der Waals surface area contributed by atoms with Crippen LogP contribution in [0, 0.1) is 0 Å². The summed E-state index contributed by atoms with van der Waals surface area (Å²) in [7, 11) is 3.58. The third-order valence-electron chi connectivity index (χ3n) is 5.82. The van der Waals surface area contributed by atoms with E-state index in [4.69, 9.17) is 4.74 Å². The van der Waals surface area contributed by atoms with Crippen LogP contribution >= 0.6 is 0 Å². The van der Waals surface area contributed by atoms with Gasteiger partial charge < -0.3 is 15.0 Å². The van der Waals surface area contributed by atoms with Crippen LogP contribution in [0.15, 0.2) is 54.7 Å². The summed E-state index contributed by atoms with van der Waals surface area (Å²) in [5.74, 6) is 1.60. The Balaban J connectivity index is 1.64. The van der Waals surface area contributed by atoms with Crippen LogP contribution in [0.4, 0.5) is 11.5 Å². The van der Waals surface area contributed by atoms with Gasteiger partial charge in [0.05, 0.1) is 12.7 Å². The van der Waals surface area contributed by atoms with Crippen molar-refractivity contribution in [2.45, 2.75) is 38.1 Å². The molecule has 150 valence electrons. The number of pyridine rings is 1. The minimum Gasteiger partial charge on any atom is -0.497 e. The average molecular weight is 389 g/mol. The predicted octanol–water partition coefficient (Wildman–Crippen LogP) is 5.39.